The van der Waals surface area contributed by atoms with E-state index >= 15 is 0 Å². The lowest BCUT2D eigenvalue weighted by atomic mass is 10.0. The van der Waals surface area contributed by atoms with Gasteiger partial charge in [-0.05, 0) is 48.2 Å². The van der Waals surface area contributed by atoms with Crippen molar-refractivity contribution in [1.82, 2.24) is 15.4 Å². The van der Waals surface area contributed by atoms with E-state index < -0.39 is 42.4 Å². The molecule has 5 N–H and O–H groups in total. The van der Waals surface area contributed by atoms with Crippen LogP contribution in [0.5, 0.6) is 0 Å². The van der Waals surface area contributed by atoms with Crippen LogP contribution in [0.25, 0.3) is 0 Å². The fraction of sp³-hybridized carbons (Fsp3) is 0.263. The summed E-state index contributed by atoms with van der Waals surface area (Å²) < 4.78 is 78.6. The summed E-state index contributed by atoms with van der Waals surface area (Å²) in [4.78, 5) is 23.8. The van der Waals surface area contributed by atoms with Crippen LogP contribution in [0.1, 0.15) is 23.6 Å². The van der Waals surface area contributed by atoms with Crippen molar-refractivity contribution < 1.29 is 35.9 Å². The van der Waals surface area contributed by atoms with Gasteiger partial charge in [-0.1, -0.05) is 24.3 Å². The third-order valence-corrected chi connectivity index (χ3v) is 4.95. The van der Waals surface area contributed by atoms with Crippen LogP contribution in [-0.2, 0) is 11.0 Å². The molecule has 2 aromatic carbocycles. The molecule has 3 amide bonds. The van der Waals surface area contributed by atoms with E-state index in [1.807, 2.05) is 0 Å². The number of nitrogens with one attached hydrogen (secondary N) is 3. The maximum atomic E-state index is 13.0. The molecule has 0 spiro atoms. The Balaban J connectivity index is 2.12. The fourth-order valence-electron chi connectivity index (χ4n) is 2.55. The molecule has 0 aliphatic carbocycles. The van der Waals surface area contributed by atoms with Gasteiger partial charge in [0.25, 0.3) is 0 Å². The van der Waals surface area contributed by atoms with Crippen molar-refractivity contribution in [2.24, 2.45) is 0 Å². The summed E-state index contributed by atoms with van der Waals surface area (Å²) in [6.45, 7) is -0.543. The smallest absolute Gasteiger partial charge is 0.398 e. The summed E-state index contributed by atoms with van der Waals surface area (Å²) in [7, 11) is 0. The van der Waals surface area contributed by atoms with Gasteiger partial charge in [0.15, 0.2) is 0 Å². The van der Waals surface area contributed by atoms with Crippen LogP contribution in [0.3, 0.4) is 0 Å². The third kappa shape index (κ3) is 7.55. The second-order valence-corrected chi connectivity index (χ2v) is 7.28. The molecule has 1 atom stereocenters. The van der Waals surface area contributed by atoms with Crippen LogP contribution >= 0.6 is 11.9 Å². The van der Waals surface area contributed by atoms with Crippen molar-refractivity contribution in [2.45, 2.75) is 29.7 Å². The van der Waals surface area contributed by atoms with Crippen LogP contribution in [0, 0.1) is 0 Å². The summed E-state index contributed by atoms with van der Waals surface area (Å²) in [6, 6.07) is 8.62. The van der Waals surface area contributed by atoms with Gasteiger partial charge in [-0.3, -0.25) is 9.52 Å². The highest BCUT2D eigenvalue weighted by molar-refractivity contribution is 7.98. The molecule has 0 aliphatic heterocycles. The zero-order valence-electron chi connectivity index (χ0n) is 16.2. The standard InChI is InChI=1S/C19H18F6N4O2S/c20-18(21,22)12-5-3-4-11(10-12)14(8-9-27-16(30)19(23,24)25)28-17(31)29-32-15-7-2-1-6-13(15)26/h1-7,10,14H,8-9,26H2,(H,27,30)(H2,28,29,31). The molecule has 0 bridgehead atoms. The minimum atomic E-state index is -5.11. The predicted octanol–water partition coefficient (Wildman–Crippen LogP) is 4.40. The van der Waals surface area contributed by atoms with Crippen LogP contribution < -0.4 is 21.1 Å². The fourth-order valence-corrected chi connectivity index (χ4v) is 3.14. The highest BCUT2D eigenvalue weighted by atomic mass is 32.2. The molecule has 2 rings (SSSR count). The van der Waals surface area contributed by atoms with Crippen molar-refractivity contribution in [2.75, 3.05) is 12.3 Å². The van der Waals surface area contributed by atoms with Crippen molar-refractivity contribution in [3.05, 3.63) is 59.7 Å². The third-order valence-electron chi connectivity index (χ3n) is 4.07. The molecule has 0 aromatic heterocycles. The Kier molecular flexibility index (Phi) is 8.25. The molecular weight excluding hydrogens is 462 g/mol. The van der Waals surface area contributed by atoms with Gasteiger partial charge in [-0.25, -0.2) is 4.79 Å². The number of hydrogen-bond donors (Lipinski definition) is 4. The minimum Gasteiger partial charge on any atom is -0.398 e. The maximum absolute atomic E-state index is 13.0. The number of rotatable bonds is 7. The number of benzene rings is 2. The average Bonchev–Trinajstić information content (AvgIpc) is 2.71. The van der Waals surface area contributed by atoms with Crippen LogP contribution in [0.15, 0.2) is 53.4 Å². The van der Waals surface area contributed by atoms with Gasteiger partial charge < -0.3 is 16.4 Å². The number of para-hydroxylation sites is 1. The number of hydrogen-bond acceptors (Lipinski definition) is 4. The quantitative estimate of drug-likeness (QED) is 0.268. The van der Waals surface area contributed by atoms with E-state index in [0.29, 0.717) is 10.6 Å². The Hall–Kier alpha value is -3.09. The van der Waals surface area contributed by atoms with Gasteiger partial charge in [0.05, 0.1) is 16.5 Å². The molecule has 0 saturated heterocycles. The number of carbonyl (C=O) groups is 2. The van der Waals surface area contributed by atoms with Gasteiger partial charge in [0, 0.05) is 12.2 Å². The van der Waals surface area contributed by atoms with E-state index in [0.717, 1.165) is 30.1 Å². The molecule has 0 heterocycles. The molecule has 13 heteroatoms. The summed E-state index contributed by atoms with van der Waals surface area (Å²) in [6.07, 6.45) is -10.1. The number of anilines is 1. The Bertz CT molecular complexity index is 952. The number of nitrogens with two attached hydrogens (primary N) is 1. The summed E-state index contributed by atoms with van der Waals surface area (Å²) in [5.74, 6) is -2.19. The second kappa shape index (κ2) is 10.5. The molecule has 174 valence electrons. The zero-order chi connectivity index (χ0) is 23.9. The van der Waals surface area contributed by atoms with Gasteiger partial charge >= 0.3 is 24.3 Å². The topological polar surface area (TPSA) is 96.2 Å². The molecule has 1 unspecified atom stereocenters. The lowest BCUT2D eigenvalue weighted by Crippen LogP contribution is -2.40. The first-order valence-corrected chi connectivity index (χ1v) is 9.79. The van der Waals surface area contributed by atoms with E-state index in [4.69, 9.17) is 5.73 Å². The first kappa shape index (κ1) is 25.2. The monoisotopic (exact) mass is 480 g/mol. The zero-order valence-corrected chi connectivity index (χ0v) is 17.0. The molecule has 32 heavy (non-hydrogen) atoms. The lowest BCUT2D eigenvalue weighted by Gasteiger charge is -2.21. The molecule has 0 saturated carbocycles. The highest BCUT2D eigenvalue weighted by Crippen LogP contribution is 2.31. The van der Waals surface area contributed by atoms with E-state index in [2.05, 4.69) is 10.0 Å². The molecule has 0 radical (unpaired) electrons. The molecular formula is C19H18F6N4O2S. The predicted molar refractivity (Wildman–Crippen MR) is 106 cm³/mol. The number of alkyl halides is 6. The Labute approximate surface area is 183 Å². The first-order chi connectivity index (χ1) is 14.9. The number of halogens is 6. The summed E-state index contributed by atoms with van der Waals surface area (Å²) in [5.41, 5.74) is 5.14. The van der Waals surface area contributed by atoms with Gasteiger partial charge in [-0.2, -0.15) is 26.3 Å². The maximum Gasteiger partial charge on any atom is 0.471 e. The van der Waals surface area contributed by atoms with Gasteiger partial charge in [0.2, 0.25) is 0 Å². The van der Waals surface area contributed by atoms with Gasteiger partial charge in [-0.15, -0.1) is 0 Å². The first-order valence-electron chi connectivity index (χ1n) is 8.98. The summed E-state index contributed by atoms with van der Waals surface area (Å²) in [5, 5.41) is 4.03. The second-order valence-electron chi connectivity index (χ2n) is 6.43. The van der Waals surface area contributed by atoms with Crippen LogP contribution in [0.4, 0.5) is 36.8 Å². The Morgan fingerprint density at radius 3 is 2.31 bits per heavy atom. The number of nitrogen functional groups attached to an aromatic ring is 1. The van der Waals surface area contributed by atoms with E-state index in [1.54, 1.807) is 29.6 Å². The van der Waals surface area contributed by atoms with Crippen molar-refractivity contribution >= 4 is 29.6 Å². The summed E-state index contributed by atoms with van der Waals surface area (Å²) >= 11 is 0.846. The highest BCUT2D eigenvalue weighted by Gasteiger charge is 2.38. The van der Waals surface area contributed by atoms with E-state index in [-0.39, 0.29) is 12.0 Å². The molecule has 0 aliphatic rings. The number of amides is 3. The molecule has 2 aromatic rings. The van der Waals surface area contributed by atoms with Crippen molar-refractivity contribution in [1.29, 1.82) is 0 Å². The van der Waals surface area contributed by atoms with Crippen molar-refractivity contribution in [3.63, 3.8) is 0 Å². The number of urea groups is 1. The van der Waals surface area contributed by atoms with Gasteiger partial charge in [0.1, 0.15) is 0 Å². The Morgan fingerprint density at radius 1 is 1.00 bits per heavy atom. The molecule has 0 fully saturated rings. The number of carbonyl (C=O) groups excluding carboxylic acids is 2. The minimum absolute atomic E-state index is 0.000424. The lowest BCUT2D eigenvalue weighted by molar-refractivity contribution is -0.173. The van der Waals surface area contributed by atoms with E-state index in [1.165, 1.54) is 6.07 Å². The SMILES string of the molecule is Nc1ccccc1SNC(=O)NC(CCNC(=O)C(F)(F)F)c1cccc(C(F)(F)F)c1. The largest absolute Gasteiger partial charge is 0.471 e. The average molecular weight is 480 g/mol. The van der Waals surface area contributed by atoms with Crippen LogP contribution in [-0.4, -0.2) is 24.7 Å². The Morgan fingerprint density at radius 2 is 1.69 bits per heavy atom. The normalized spacial score (nSPS) is 12.7. The van der Waals surface area contributed by atoms with Crippen molar-refractivity contribution in [3.8, 4) is 0 Å². The molecule has 6 nitrogen and oxygen atoms in total. The van der Waals surface area contributed by atoms with Crippen LogP contribution in [0.2, 0.25) is 0 Å². The van der Waals surface area contributed by atoms with E-state index in [9.17, 15) is 35.9 Å².